The molecule has 2 fully saturated rings. The van der Waals surface area contributed by atoms with E-state index >= 15 is 0 Å². The quantitative estimate of drug-likeness (QED) is 0.610. The number of nitrogens with one attached hydrogen (secondary N) is 1. The molecule has 0 saturated carbocycles. The Hall–Kier alpha value is -0.0800. The first-order valence-electron chi connectivity index (χ1n) is 4.75. The smallest absolute Gasteiger partial charge is 0.0497 e. The molecule has 0 bridgehead atoms. The average molecular weight is 155 g/mol. The van der Waals surface area contributed by atoms with E-state index in [9.17, 15) is 0 Å². The molecule has 2 heteroatoms. The molecular weight excluding hydrogens is 138 g/mol. The van der Waals surface area contributed by atoms with Gasteiger partial charge in [-0.15, -0.1) is 0 Å². The van der Waals surface area contributed by atoms with Gasteiger partial charge >= 0.3 is 0 Å². The Morgan fingerprint density at radius 1 is 1.18 bits per heavy atom. The van der Waals surface area contributed by atoms with Crippen molar-refractivity contribution in [1.82, 2.24) is 5.32 Å². The fourth-order valence-corrected chi connectivity index (χ4v) is 2.22. The Morgan fingerprint density at radius 2 is 2.18 bits per heavy atom. The highest BCUT2D eigenvalue weighted by atomic mass is 16.5. The molecule has 0 aromatic rings. The van der Waals surface area contributed by atoms with Crippen LogP contribution in [0, 0.1) is 11.8 Å². The van der Waals surface area contributed by atoms with Gasteiger partial charge in [0.2, 0.25) is 0 Å². The molecule has 0 aromatic carbocycles. The van der Waals surface area contributed by atoms with E-state index < -0.39 is 0 Å². The minimum Gasteiger partial charge on any atom is -0.381 e. The summed E-state index contributed by atoms with van der Waals surface area (Å²) in [5.41, 5.74) is 0. The summed E-state index contributed by atoms with van der Waals surface area (Å²) in [4.78, 5) is 0. The van der Waals surface area contributed by atoms with Gasteiger partial charge in [-0.1, -0.05) is 0 Å². The second-order valence-corrected chi connectivity index (χ2v) is 3.73. The number of hydrogen-bond donors (Lipinski definition) is 1. The highest BCUT2D eigenvalue weighted by Crippen LogP contribution is 2.26. The van der Waals surface area contributed by atoms with Crippen LogP contribution in [0.3, 0.4) is 0 Å². The lowest BCUT2D eigenvalue weighted by molar-refractivity contribution is 0.0342. The first kappa shape index (κ1) is 7.56. The predicted molar refractivity (Wildman–Crippen MR) is 44.5 cm³/mol. The molecule has 2 unspecified atom stereocenters. The van der Waals surface area contributed by atoms with Gasteiger partial charge in [0, 0.05) is 13.2 Å². The Labute approximate surface area is 68.3 Å². The van der Waals surface area contributed by atoms with E-state index in [4.69, 9.17) is 4.74 Å². The fourth-order valence-electron chi connectivity index (χ4n) is 2.22. The van der Waals surface area contributed by atoms with Crippen molar-refractivity contribution in [1.29, 1.82) is 0 Å². The molecule has 0 radical (unpaired) electrons. The highest BCUT2D eigenvalue weighted by Gasteiger charge is 2.26. The standard InChI is InChI=1S/C9H17NO/c1-2-9(7-11-5-1)8-3-4-10-6-8/h8-10H,1-7H2. The van der Waals surface area contributed by atoms with E-state index in [1.165, 1.54) is 32.4 Å². The van der Waals surface area contributed by atoms with Gasteiger partial charge in [-0.25, -0.2) is 0 Å². The minimum atomic E-state index is 0.860. The summed E-state index contributed by atoms with van der Waals surface area (Å²) >= 11 is 0. The number of ether oxygens (including phenoxy) is 1. The summed E-state index contributed by atoms with van der Waals surface area (Å²) < 4.78 is 5.47. The molecule has 2 nitrogen and oxygen atoms in total. The maximum Gasteiger partial charge on any atom is 0.0497 e. The van der Waals surface area contributed by atoms with Crippen LogP contribution in [-0.2, 0) is 4.74 Å². The summed E-state index contributed by atoms with van der Waals surface area (Å²) in [5, 5.41) is 3.41. The molecule has 1 N–H and O–H groups in total. The van der Waals surface area contributed by atoms with Crippen LogP contribution >= 0.6 is 0 Å². The average Bonchev–Trinajstić information content (AvgIpc) is 2.58. The Balaban J connectivity index is 1.82. The molecule has 2 rings (SSSR count). The molecule has 2 aliphatic heterocycles. The molecule has 2 aliphatic rings. The normalized spacial score (nSPS) is 39.3. The van der Waals surface area contributed by atoms with Crippen molar-refractivity contribution in [2.45, 2.75) is 19.3 Å². The Morgan fingerprint density at radius 3 is 2.82 bits per heavy atom. The summed E-state index contributed by atoms with van der Waals surface area (Å²) in [7, 11) is 0. The van der Waals surface area contributed by atoms with Crippen LogP contribution in [0.15, 0.2) is 0 Å². The van der Waals surface area contributed by atoms with Crippen LogP contribution < -0.4 is 5.32 Å². The third-order valence-electron chi connectivity index (χ3n) is 2.96. The van der Waals surface area contributed by atoms with Gasteiger partial charge in [0.15, 0.2) is 0 Å². The Bertz CT molecular complexity index is 115. The molecule has 2 atom stereocenters. The predicted octanol–water partition coefficient (Wildman–Crippen LogP) is 1.02. The van der Waals surface area contributed by atoms with E-state index in [2.05, 4.69) is 5.32 Å². The number of hydrogen-bond acceptors (Lipinski definition) is 2. The fraction of sp³-hybridized carbons (Fsp3) is 1.00. The lowest BCUT2D eigenvalue weighted by atomic mass is 9.87. The van der Waals surface area contributed by atoms with Crippen molar-refractivity contribution in [3.8, 4) is 0 Å². The van der Waals surface area contributed by atoms with Crippen LogP contribution in [0.1, 0.15) is 19.3 Å². The van der Waals surface area contributed by atoms with Crippen molar-refractivity contribution in [2.75, 3.05) is 26.3 Å². The van der Waals surface area contributed by atoms with Crippen molar-refractivity contribution in [3.63, 3.8) is 0 Å². The van der Waals surface area contributed by atoms with Gasteiger partial charge in [0.1, 0.15) is 0 Å². The zero-order valence-electron chi connectivity index (χ0n) is 7.01. The molecule has 0 aromatic heterocycles. The molecule has 64 valence electrons. The van der Waals surface area contributed by atoms with Crippen LogP contribution in [-0.4, -0.2) is 26.3 Å². The van der Waals surface area contributed by atoms with E-state index in [0.29, 0.717) is 0 Å². The first-order valence-corrected chi connectivity index (χ1v) is 4.75. The van der Waals surface area contributed by atoms with Gasteiger partial charge in [-0.05, 0) is 44.2 Å². The molecule has 11 heavy (non-hydrogen) atoms. The van der Waals surface area contributed by atoms with E-state index in [1.807, 2.05) is 0 Å². The summed E-state index contributed by atoms with van der Waals surface area (Å²) in [6, 6.07) is 0. The molecule has 2 heterocycles. The van der Waals surface area contributed by atoms with Gasteiger partial charge in [0.05, 0.1) is 0 Å². The van der Waals surface area contributed by atoms with Gasteiger partial charge in [0.25, 0.3) is 0 Å². The van der Waals surface area contributed by atoms with Crippen LogP contribution in [0.4, 0.5) is 0 Å². The summed E-state index contributed by atoms with van der Waals surface area (Å²) in [6.45, 7) is 4.47. The van der Waals surface area contributed by atoms with Gasteiger partial charge in [-0.3, -0.25) is 0 Å². The molecule has 0 aliphatic carbocycles. The Kier molecular flexibility index (Phi) is 2.44. The summed E-state index contributed by atoms with van der Waals surface area (Å²) in [6.07, 6.45) is 4.04. The van der Waals surface area contributed by atoms with Crippen molar-refractivity contribution in [2.24, 2.45) is 11.8 Å². The minimum absolute atomic E-state index is 0.860. The maximum atomic E-state index is 5.47. The third-order valence-corrected chi connectivity index (χ3v) is 2.96. The van der Waals surface area contributed by atoms with Crippen LogP contribution in [0.25, 0.3) is 0 Å². The highest BCUT2D eigenvalue weighted by molar-refractivity contribution is 4.79. The second-order valence-electron chi connectivity index (χ2n) is 3.73. The summed E-state index contributed by atoms with van der Waals surface area (Å²) in [5.74, 6) is 1.77. The molecular formula is C9H17NO. The molecule has 2 saturated heterocycles. The first-order chi connectivity index (χ1) is 5.47. The largest absolute Gasteiger partial charge is 0.381 e. The van der Waals surface area contributed by atoms with Crippen LogP contribution in [0.2, 0.25) is 0 Å². The monoisotopic (exact) mass is 155 g/mol. The van der Waals surface area contributed by atoms with Crippen molar-refractivity contribution >= 4 is 0 Å². The van der Waals surface area contributed by atoms with E-state index in [0.717, 1.165) is 25.0 Å². The van der Waals surface area contributed by atoms with E-state index in [1.54, 1.807) is 0 Å². The zero-order valence-corrected chi connectivity index (χ0v) is 7.01. The van der Waals surface area contributed by atoms with Crippen molar-refractivity contribution < 1.29 is 4.74 Å². The third kappa shape index (κ3) is 1.74. The van der Waals surface area contributed by atoms with Gasteiger partial charge < -0.3 is 10.1 Å². The SMILES string of the molecule is C1COCC(C2CCNC2)C1. The lowest BCUT2D eigenvalue weighted by Gasteiger charge is -2.26. The maximum absolute atomic E-state index is 5.47. The molecule has 0 amide bonds. The molecule has 0 spiro atoms. The topological polar surface area (TPSA) is 21.3 Å². The zero-order chi connectivity index (χ0) is 7.52. The van der Waals surface area contributed by atoms with Crippen molar-refractivity contribution in [3.05, 3.63) is 0 Å². The second kappa shape index (κ2) is 3.55. The van der Waals surface area contributed by atoms with E-state index in [-0.39, 0.29) is 0 Å². The number of rotatable bonds is 1. The van der Waals surface area contributed by atoms with Crippen LogP contribution in [0.5, 0.6) is 0 Å². The lowest BCUT2D eigenvalue weighted by Crippen LogP contribution is -2.26. The van der Waals surface area contributed by atoms with Gasteiger partial charge in [-0.2, -0.15) is 0 Å².